The van der Waals surface area contributed by atoms with Gasteiger partial charge in [0.15, 0.2) is 0 Å². The Balaban J connectivity index is 1.65. The van der Waals surface area contributed by atoms with Crippen molar-refractivity contribution < 1.29 is 18.3 Å². The van der Waals surface area contributed by atoms with E-state index in [1.54, 1.807) is 38.4 Å². The molecule has 1 aromatic carbocycles. The van der Waals surface area contributed by atoms with Crippen molar-refractivity contribution in [1.29, 1.82) is 0 Å². The number of carboxylic acids is 1. The van der Waals surface area contributed by atoms with Gasteiger partial charge < -0.3 is 5.11 Å². The van der Waals surface area contributed by atoms with Crippen LogP contribution in [0.25, 0.3) is 11.3 Å². The molecule has 9 heteroatoms. The van der Waals surface area contributed by atoms with Crippen LogP contribution in [0.3, 0.4) is 0 Å². The molecule has 0 aliphatic carbocycles. The molecule has 150 valence electrons. The quantitative estimate of drug-likeness (QED) is 0.789. The maximum atomic E-state index is 12.2. The van der Waals surface area contributed by atoms with Gasteiger partial charge in [0.25, 0.3) is 10.2 Å². The Kier molecular flexibility index (Phi) is 6.07. The zero-order chi connectivity index (χ0) is 20.3. The van der Waals surface area contributed by atoms with Crippen molar-refractivity contribution in [3.63, 3.8) is 0 Å². The SMILES string of the molecule is CN(C)S(=O)(=O)N1CCC(Cc2cc(-c3ccc(C(=O)O)cc3)ncn2)CC1. The second kappa shape index (κ2) is 8.34. The molecule has 1 aliphatic heterocycles. The summed E-state index contributed by atoms with van der Waals surface area (Å²) in [5.74, 6) is -0.594. The second-order valence-electron chi connectivity index (χ2n) is 7.11. The Morgan fingerprint density at radius 1 is 1.18 bits per heavy atom. The highest BCUT2D eigenvalue weighted by molar-refractivity contribution is 7.86. The number of nitrogens with zero attached hydrogens (tertiary/aromatic N) is 4. The number of rotatable bonds is 6. The largest absolute Gasteiger partial charge is 0.478 e. The zero-order valence-electron chi connectivity index (χ0n) is 15.9. The van der Waals surface area contributed by atoms with E-state index in [1.165, 1.54) is 14.9 Å². The van der Waals surface area contributed by atoms with E-state index in [0.717, 1.165) is 36.2 Å². The van der Waals surface area contributed by atoms with Crippen LogP contribution in [-0.2, 0) is 16.6 Å². The first-order chi connectivity index (χ1) is 13.3. The summed E-state index contributed by atoms with van der Waals surface area (Å²) in [6.45, 7) is 1.03. The predicted octanol–water partition coefficient (Wildman–Crippen LogP) is 1.90. The molecule has 1 N–H and O–H groups in total. The van der Waals surface area contributed by atoms with Crippen LogP contribution in [0, 0.1) is 5.92 Å². The van der Waals surface area contributed by atoms with Gasteiger partial charge in [-0.2, -0.15) is 17.0 Å². The predicted molar refractivity (Wildman–Crippen MR) is 105 cm³/mol. The van der Waals surface area contributed by atoms with Crippen LogP contribution < -0.4 is 0 Å². The van der Waals surface area contributed by atoms with Crippen molar-refractivity contribution >= 4 is 16.2 Å². The first kappa shape index (κ1) is 20.4. The molecule has 1 fully saturated rings. The third kappa shape index (κ3) is 4.54. The Bertz CT molecular complexity index is 937. The van der Waals surface area contributed by atoms with Crippen LogP contribution in [0.5, 0.6) is 0 Å². The van der Waals surface area contributed by atoms with Crippen LogP contribution in [0.2, 0.25) is 0 Å². The smallest absolute Gasteiger partial charge is 0.335 e. The third-order valence-electron chi connectivity index (χ3n) is 5.01. The molecular formula is C19H24N4O4S. The molecule has 0 spiro atoms. The van der Waals surface area contributed by atoms with Gasteiger partial charge in [-0.25, -0.2) is 14.8 Å². The average molecular weight is 404 g/mol. The number of hydrogen-bond acceptors (Lipinski definition) is 5. The van der Waals surface area contributed by atoms with Crippen molar-refractivity contribution in [3.05, 3.63) is 47.9 Å². The summed E-state index contributed by atoms with van der Waals surface area (Å²) in [5, 5.41) is 9.00. The molecule has 0 atom stereocenters. The van der Waals surface area contributed by atoms with Gasteiger partial charge in [0, 0.05) is 38.4 Å². The van der Waals surface area contributed by atoms with Gasteiger partial charge in [-0.1, -0.05) is 12.1 Å². The van der Waals surface area contributed by atoms with E-state index >= 15 is 0 Å². The van der Waals surface area contributed by atoms with E-state index < -0.39 is 16.2 Å². The van der Waals surface area contributed by atoms with E-state index in [9.17, 15) is 13.2 Å². The second-order valence-corrected chi connectivity index (χ2v) is 9.26. The number of aromatic nitrogens is 2. The van der Waals surface area contributed by atoms with E-state index in [4.69, 9.17) is 5.11 Å². The number of carbonyl (C=O) groups is 1. The molecule has 1 aromatic heterocycles. The van der Waals surface area contributed by atoms with Gasteiger partial charge in [-0.15, -0.1) is 0 Å². The first-order valence-electron chi connectivity index (χ1n) is 9.09. The summed E-state index contributed by atoms with van der Waals surface area (Å²) in [5.41, 5.74) is 2.72. The molecule has 1 saturated heterocycles. The summed E-state index contributed by atoms with van der Waals surface area (Å²) in [6.07, 6.45) is 3.86. The summed E-state index contributed by atoms with van der Waals surface area (Å²) in [7, 11) is -0.253. The molecule has 2 heterocycles. The van der Waals surface area contributed by atoms with Crippen molar-refractivity contribution in [2.45, 2.75) is 19.3 Å². The number of aromatic carboxylic acids is 1. The Labute approximate surface area is 165 Å². The summed E-state index contributed by atoms with van der Waals surface area (Å²) in [6, 6.07) is 8.50. The maximum Gasteiger partial charge on any atom is 0.335 e. The lowest BCUT2D eigenvalue weighted by Gasteiger charge is -2.32. The molecule has 0 unspecified atom stereocenters. The van der Waals surface area contributed by atoms with Crippen LogP contribution in [-0.4, -0.2) is 65.3 Å². The highest BCUT2D eigenvalue weighted by Crippen LogP contribution is 2.25. The fraction of sp³-hybridized carbons (Fsp3) is 0.421. The molecule has 0 bridgehead atoms. The average Bonchev–Trinajstić information content (AvgIpc) is 2.68. The Morgan fingerprint density at radius 3 is 2.39 bits per heavy atom. The van der Waals surface area contributed by atoms with Gasteiger partial charge >= 0.3 is 5.97 Å². The highest BCUT2D eigenvalue weighted by Gasteiger charge is 2.29. The van der Waals surface area contributed by atoms with Gasteiger partial charge in [-0.05, 0) is 43.4 Å². The Morgan fingerprint density at radius 2 is 1.82 bits per heavy atom. The van der Waals surface area contributed by atoms with Crippen LogP contribution in [0.15, 0.2) is 36.7 Å². The minimum Gasteiger partial charge on any atom is -0.478 e. The molecule has 8 nitrogen and oxygen atoms in total. The number of hydrogen-bond donors (Lipinski definition) is 1. The first-order valence-corrected chi connectivity index (χ1v) is 10.5. The summed E-state index contributed by atoms with van der Waals surface area (Å²) >= 11 is 0. The molecular weight excluding hydrogens is 380 g/mol. The monoisotopic (exact) mass is 404 g/mol. The van der Waals surface area contributed by atoms with Gasteiger partial charge in [0.2, 0.25) is 0 Å². The van der Waals surface area contributed by atoms with E-state index in [2.05, 4.69) is 9.97 Å². The fourth-order valence-electron chi connectivity index (χ4n) is 3.32. The Hall–Kier alpha value is -2.36. The summed E-state index contributed by atoms with van der Waals surface area (Å²) < 4.78 is 27.2. The molecule has 1 aliphatic rings. The normalized spacial score (nSPS) is 16.4. The van der Waals surface area contributed by atoms with Crippen molar-refractivity contribution in [2.24, 2.45) is 5.92 Å². The topological polar surface area (TPSA) is 104 Å². The van der Waals surface area contributed by atoms with Crippen LogP contribution >= 0.6 is 0 Å². The van der Waals surface area contributed by atoms with Crippen molar-refractivity contribution in [2.75, 3.05) is 27.2 Å². The van der Waals surface area contributed by atoms with Crippen molar-refractivity contribution in [3.8, 4) is 11.3 Å². The van der Waals surface area contributed by atoms with Crippen LogP contribution in [0.1, 0.15) is 28.9 Å². The molecule has 0 saturated carbocycles. The minimum absolute atomic E-state index is 0.234. The lowest BCUT2D eigenvalue weighted by molar-refractivity contribution is 0.0697. The van der Waals surface area contributed by atoms with Gasteiger partial charge in [0.1, 0.15) is 6.33 Å². The minimum atomic E-state index is -3.35. The van der Waals surface area contributed by atoms with Crippen molar-refractivity contribution in [1.82, 2.24) is 18.6 Å². The molecule has 0 radical (unpaired) electrons. The molecule has 2 aromatic rings. The summed E-state index contributed by atoms with van der Waals surface area (Å²) in [4.78, 5) is 19.6. The number of carboxylic acid groups (broad SMARTS) is 1. The zero-order valence-corrected chi connectivity index (χ0v) is 16.8. The number of benzene rings is 1. The maximum absolute atomic E-state index is 12.2. The number of piperidine rings is 1. The van der Waals surface area contributed by atoms with E-state index in [0.29, 0.717) is 19.0 Å². The van der Waals surface area contributed by atoms with Gasteiger partial charge in [-0.3, -0.25) is 0 Å². The molecule has 0 amide bonds. The van der Waals surface area contributed by atoms with E-state index in [1.807, 2.05) is 6.07 Å². The standard InChI is InChI=1S/C19H24N4O4S/c1-22(2)28(26,27)23-9-7-14(8-10-23)11-17-12-18(21-13-20-17)15-3-5-16(6-4-15)19(24)25/h3-6,12-14H,7-11H2,1-2H3,(H,24,25). The van der Waals surface area contributed by atoms with Crippen LogP contribution in [0.4, 0.5) is 0 Å². The highest BCUT2D eigenvalue weighted by atomic mass is 32.2. The van der Waals surface area contributed by atoms with E-state index in [-0.39, 0.29) is 5.56 Å². The lowest BCUT2D eigenvalue weighted by atomic mass is 9.92. The fourth-order valence-corrected chi connectivity index (χ4v) is 4.46. The van der Waals surface area contributed by atoms with Gasteiger partial charge in [0.05, 0.1) is 11.3 Å². The molecule has 3 rings (SSSR count). The third-order valence-corrected chi connectivity index (χ3v) is 6.95. The molecule has 28 heavy (non-hydrogen) atoms. The lowest BCUT2D eigenvalue weighted by Crippen LogP contribution is -2.44.